The number of phenols is 1. The summed E-state index contributed by atoms with van der Waals surface area (Å²) in [5.41, 5.74) is 4.45. The smallest absolute Gasteiger partial charge is 0.340 e. The van der Waals surface area contributed by atoms with Crippen LogP contribution >= 0.6 is 11.6 Å². The molecule has 1 N–H and O–H groups in total. The van der Waals surface area contributed by atoms with Crippen molar-refractivity contribution in [1.29, 1.82) is 0 Å². The first-order chi connectivity index (χ1) is 17.0. The summed E-state index contributed by atoms with van der Waals surface area (Å²) in [6.07, 6.45) is 1.75. The van der Waals surface area contributed by atoms with Crippen LogP contribution in [0.5, 0.6) is 5.75 Å². The van der Waals surface area contributed by atoms with Crippen LogP contribution in [0.15, 0.2) is 79.0 Å². The van der Waals surface area contributed by atoms with Crippen molar-refractivity contribution in [2.75, 3.05) is 6.61 Å². The molecule has 5 rings (SSSR count). The maximum Gasteiger partial charge on any atom is 0.340 e. The number of ether oxygens (including phenoxy) is 1. The second-order valence-corrected chi connectivity index (χ2v) is 8.34. The molecule has 0 radical (unpaired) electrons. The number of benzene rings is 3. The van der Waals surface area contributed by atoms with Gasteiger partial charge in [0.25, 0.3) is 0 Å². The van der Waals surface area contributed by atoms with Crippen molar-refractivity contribution in [3.63, 3.8) is 0 Å². The fourth-order valence-corrected chi connectivity index (χ4v) is 4.23. The third kappa shape index (κ3) is 4.58. The zero-order chi connectivity index (χ0) is 24.4. The number of pyridine rings is 1. The van der Waals surface area contributed by atoms with E-state index in [2.05, 4.69) is 10.3 Å². The molecule has 0 fully saturated rings. The van der Waals surface area contributed by atoms with E-state index in [-0.39, 0.29) is 18.9 Å². The van der Waals surface area contributed by atoms with Gasteiger partial charge in [-0.25, -0.2) is 14.5 Å². The number of carbonyl (C=O) groups is 1. The lowest BCUT2D eigenvalue weighted by Gasteiger charge is -2.17. The summed E-state index contributed by atoms with van der Waals surface area (Å²) in [5.74, 6) is -0.326. The molecule has 0 amide bonds. The number of aromatic nitrogens is 4. The van der Waals surface area contributed by atoms with Gasteiger partial charge in [0.2, 0.25) is 0 Å². The van der Waals surface area contributed by atoms with Gasteiger partial charge in [0.15, 0.2) is 0 Å². The Kier molecular flexibility index (Phi) is 6.16. The van der Waals surface area contributed by atoms with Crippen LogP contribution in [0.2, 0.25) is 5.02 Å². The highest BCUT2D eigenvalue weighted by Crippen LogP contribution is 2.35. The largest absolute Gasteiger partial charge is 0.508 e. The predicted octanol–water partition coefficient (Wildman–Crippen LogP) is 5.74. The van der Waals surface area contributed by atoms with Crippen molar-refractivity contribution in [2.24, 2.45) is 0 Å². The summed E-state index contributed by atoms with van der Waals surface area (Å²) in [4.78, 5) is 18.1. The maximum atomic E-state index is 13.3. The van der Waals surface area contributed by atoms with Crippen LogP contribution in [-0.4, -0.2) is 37.7 Å². The maximum absolute atomic E-state index is 13.3. The summed E-state index contributed by atoms with van der Waals surface area (Å²) in [5, 5.41) is 19.6. The van der Waals surface area contributed by atoms with Crippen molar-refractivity contribution in [2.45, 2.75) is 13.5 Å². The van der Waals surface area contributed by atoms with Gasteiger partial charge >= 0.3 is 5.97 Å². The monoisotopic (exact) mass is 484 g/mol. The number of esters is 1. The molecule has 174 valence electrons. The molecule has 0 atom stereocenters. The molecular weight excluding hydrogens is 464 g/mol. The van der Waals surface area contributed by atoms with E-state index >= 15 is 0 Å². The molecule has 35 heavy (non-hydrogen) atoms. The molecule has 0 unspecified atom stereocenters. The van der Waals surface area contributed by atoms with Gasteiger partial charge in [0, 0.05) is 21.5 Å². The number of aromatic hydroxyl groups is 1. The number of carbonyl (C=O) groups excluding carboxylic acids is 1. The number of nitrogens with zero attached hydrogens (tertiary/aromatic N) is 4. The molecule has 2 aromatic heterocycles. The zero-order valence-corrected chi connectivity index (χ0v) is 19.6. The van der Waals surface area contributed by atoms with Gasteiger partial charge < -0.3 is 9.84 Å². The zero-order valence-electron chi connectivity index (χ0n) is 18.9. The summed E-state index contributed by atoms with van der Waals surface area (Å²) >= 11 is 6.33. The number of hydrogen-bond acceptors (Lipinski definition) is 6. The fraction of sp³-hybridized carbons (Fsp3) is 0.111. The van der Waals surface area contributed by atoms with Gasteiger partial charge in [-0.1, -0.05) is 59.3 Å². The highest BCUT2D eigenvalue weighted by Gasteiger charge is 2.24. The standard InChI is InChI=1S/C27H21ClN4O3/c1-2-35-27(34)26-24(16-32-15-23(30-31-32)18-9-6-10-20(33)13-18)29-22-12-11-19(28)14-21(22)25(26)17-7-4-3-5-8-17/h3-15,33H,2,16H2,1H3. The Morgan fingerprint density at radius 2 is 1.83 bits per heavy atom. The molecule has 7 nitrogen and oxygen atoms in total. The first kappa shape index (κ1) is 22.6. The van der Waals surface area contributed by atoms with Crippen molar-refractivity contribution < 1.29 is 14.6 Å². The minimum absolute atomic E-state index is 0.143. The number of rotatable bonds is 6. The van der Waals surface area contributed by atoms with E-state index in [1.807, 2.05) is 48.5 Å². The topological polar surface area (TPSA) is 90.1 Å². The molecule has 0 saturated heterocycles. The van der Waals surface area contributed by atoms with E-state index in [0.29, 0.717) is 33.1 Å². The lowest BCUT2D eigenvalue weighted by molar-refractivity contribution is 0.0525. The summed E-state index contributed by atoms with van der Waals surface area (Å²) in [6, 6.07) is 21.8. The van der Waals surface area contributed by atoms with Crippen LogP contribution in [0.1, 0.15) is 23.0 Å². The average Bonchev–Trinajstić information content (AvgIpc) is 3.33. The Hall–Kier alpha value is -4.23. The normalized spacial score (nSPS) is 11.0. The first-order valence-electron chi connectivity index (χ1n) is 11.1. The van der Waals surface area contributed by atoms with Crippen molar-refractivity contribution in [3.8, 4) is 28.1 Å². The molecule has 5 aromatic rings. The number of fused-ring (bicyclic) bond motifs is 1. The molecule has 0 bridgehead atoms. The summed E-state index contributed by atoms with van der Waals surface area (Å²) in [7, 11) is 0. The third-order valence-corrected chi connectivity index (χ3v) is 5.79. The van der Waals surface area contributed by atoms with E-state index in [1.165, 1.54) is 0 Å². The molecule has 3 aromatic carbocycles. The van der Waals surface area contributed by atoms with Crippen LogP contribution in [-0.2, 0) is 11.3 Å². The Bertz CT molecular complexity index is 1530. The van der Waals surface area contributed by atoms with Crippen molar-refractivity contribution >= 4 is 28.5 Å². The molecule has 2 heterocycles. The van der Waals surface area contributed by atoms with Gasteiger partial charge in [-0.05, 0) is 42.8 Å². The quantitative estimate of drug-likeness (QED) is 0.309. The lowest BCUT2D eigenvalue weighted by atomic mass is 9.94. The van der Waals surface area contributed by atoms with E-state index in [4.69, 9.17) is 21.3 Å². The Balaban J connectivity index is 1.69. The number of hydrogen-bond donors (Lipinski definition) is 1. The molecule has 0 aliphatic rings. The Morgan fingerprint density at radius 1 is 1.03 bits per heavy atom. The van der Waals surface area contributed by atoms with Gasteiger partial charge in [-0.3, -0.25) is 0 Å². The van der Waals surface area contributed by atoms with Crippen LogP contribution in [0, 0.1) is 0 Å². The number of halogens is 1. The van der Waals surface area contributed by atoms with Gasteiger partial charge in [-0.2, -0.15) is 0 Å². The fourth-order valence-electron chi connectivity index (χ4n) is 4.06. The molecule has 0 saturated carbocycles. The predicted molar refractivity (Wildman–Crippen MR) is 134 cm³/mol. The highest BCUT2D eigenvalue weighted by atomic mass is 35.5. The van der Waals surface area contributed by atoms with Crippen molar-refractivity contribution in [3.05, 3.63) is 95.3 Å². The summed E-state index contributed by atoms with van der Waals surface area (Å²) in [6.45, 7) is 2.19. The molecular formula is C27H21ClN4O3. The van der Waals surface area contributed by atoms with Gasteiger partial charge in [-0.15, -0.1) is 5.10 Å². The summed E-state index contributed by atoms with van der Waals surface area (Å²) < 4.78 is 7.06. The number of phenolic OH excluding ortho intramolecular Hbond substituents is 1. The Morgan fingerprint density at radius 3 is 2.60 bits per heavy atom. The minimum Gasteiger partial charge on any atom is -0.508 e. The molecule has 0 aliphatic carbocycles. The third-order valence-electron chi connectivity index (χ3n) is 5.56. The van der Waals surface area contributed by atoms with E-state index in [0.717, 1.165) is 16.5 Å². The van der Waals surface area contributed by atoms with Crippen molar-refractivity contribution in [1.82, 2.24) is 20.0 Å². The Labute approximate surface area is 206 Å². The first-order valence-corrected chi connectivity index (χ1v) is 11.5. The second-order valence-electron chi connectivity index (χ2n) is 7.91. The van der Waals surface area contributed by atoms with E-state index < -0.39 is 5.97 Å². The second kappa shape index (κ2) is 9.56. The van der Waals surface area contributed by atoms with Crippen LogP contribution in [0.25, 0.3) is 33.3 Å². The van der Waals surface area contributed by atoms with E-state index in [9.17, 15) is 9.90 Å². The van der Waals surface area contributed by atoms with Crippen LogP contribution < -0.4 is 0 Å². The molecule has 0 spiro atoms. The van der Waals surface area contributed by atoms with E-state index in [1.54, 1.807) is 42.1 Å². The lowest BCUT2D eigenvalue weighted by Crippen LogP contribution is -2.15. The molecule has 8 heteroatoms. The molecule has 0 aliphatic heterocycles. The van der Waals surface area contributed by atoms with Crippen LogP contribution in [0.4, 0.5) is 0 Å². The average molecular weight is 485 g/mol. The van der Waals surface area contributed by atoms with Gasteiger partial charge in [0.05, 0.1) is 36.1 Å². The minimum atomic E-state index is -0.468. The van der Waals surface area contributed by atoms with Crippen LogP contribution in [0.3, 0.4) is 0 Å². The highest BCUT2D eigenvalue weighted by molar-refractivity contribution is 6.31. The van der Waals surface area contributed by atoms with Gasteiger partial charge in [0.1, 0.15) is 11.4 Å². The SMILES string of the molecule is CCOC(=O)c1c(Cn2cc(-c3cccc(O)c3)nn2)nc2ccc(Cl)cc2c1-c1ccccc1.